The van der Waals surface area contributed by atoms with Crippen LogP contribution in [0.5, 0.6) is 11.5 Å². The van der Waals surface area contributed by atoms with Crippen LogP contribution in [-0.4, -0.2) is 45.8 Å². The Labute approximate surface area is 168 Å². The summed E-state index contributed by atoms with van der Waals surface area (Å²) in [5.74, 6) is 0.0391. The maximum Gasteiger partial charge on any atom is 0.271 e. The van der Waals surface area contributed by atoms with Gasteiger partial charge in [-0.25, -0.2) is 8.42 Å². The number of hydrogen-bond donors (Lipinski definition) is 1. The van der Waals surface area contributed by atoms with E-state index in [2.05, 4.69) is 5.32 Å². The number of rotatable bonds is 8. The molecule has 29 heavy (non-hydrogen) atoms. The molecule has 2 aromatic carbocycles. The molecular formula is C18H21N3O7S. The van der Waals surface area contributed by atoms with Crippen LogP contribution in [0.1, 0.15) is 6.92 Å². The number of nitro benzene ring substituents is 1. The molecule has 1 unspecified atom stereocenters. The molecule has 2 rings (SSSR count). The number of benzene rings is 2. The predicted molar refractivity (Wildman–Crippen MR) is 108 cm³/mol. The van der Waals surface area contributed by atoms with Crippen molar-refractivity contribution < 1.29 is 27.6 Å². The molecule has 0 aromatic heterocycles. The summed E-state index contributed by atoms with van der Waals surface area (Å²) in [6, 6.07) is 8.73. The van der Waals surface area contributed by atoms with Gasteiger partial charge in [-0.3, -0.25) is 19.2 Å². The van der Waals surface area contributed by atoms with Gasteiger partial charge in [-0.05, 0) is 37.3 Å². The second-order valence-corrected chi connectivity index (χ2v) is 7.92. The zero-order chi connectivity index (χ0) is 21.8. The first-order valence-electron chi connectivity index (χ1n) is 8.35. The third-order valence-corrected chi connectivity index (χ3v) is 5.31. The monoisotopic (exact) mass is 423 g/mol. The van der Waals surface area contributed by atoms with Gasteiger partial charge >= 0.3 is 0 Å². The van der Waals surface area contributed by atoms with Crippen molar-refractivity contribution >= 4 is 33.0 Å². The van der Waals surface area contributed by atoms with Crippen molar-refractivity contribution in [3.8, 4) is 11.5 Å². The zero-order valence-corrected chi connectivity index (χ0v) is 17.1. The Morgan fingerprint density at radius 1 is 1.14 bits per heavy atom. The molecule has 0 saturated heterocycles. The Kier molecular flexibility index (Phi) is 6.64. The summed E-state index contributed by atoms with van der Waals surface area (Å²) in [7, 11) is -0.994. The summed E-state index contributed by atoms with van der Waals surface area (Å²) in [4.78, 5) is 23.2. The van der Waals surface area contributed by atoms with Gasteiger partial charge in [0.05, 0.1) is 36.8 Å². The summed E-state index contributed by atoms with van der Waals surface area (Å²) in [6.07, 6.45) is 0.981. The predicted octanol–water partition coefficient (Wildman–Crippen LogP) is 2.41. The summed E-state index contributed by atoms with van der Waals surface area (Å²) >= 11 is 0. The average molecular weight is 423 g/mol. The van der Waals surface area contributed by atoms with Crippen LogP contribution in [0.3, 0.4) is 0 Å². The van der Waals surface area contributed by atoms with Crippen LogP contribution >= 0.6 is 0 Å². The Balaban J connectivity index is 2.37. The van der Waals surface area contributed by atoms with Gasteiger partial charge in [-0.15, -0.1) is 0 Å². The van der Waals surface area contributed by atoms with Crippen molar-refractivity contribution in [3.63, 3.8) is 0 Å². The van der Waals surface area contributed by atoms with Crippen LogP contribution in [0.2, 0.25) is 0 Å². The molecule has 1 atom stereocenters. The minimum Gasteiger partial charge on any atom is -0.497 e. The number of carbonyl (C=O) groups is 1. The van der Waals surface area contributed by atoms with Gasteiger partial charge in [0.2, 0.25) is 15.9 Å². The normalized spacial score (nSPS) is 12.0. The summed E-state index contributed by atoms with van der Waals surface area (Å²) in [5, 5.41) is 13.5. The molecule has 156 valence electrons. The highest BCUT2D eigenvalue weighted by atomic mass is 32.2. The highest BCUT2D eigenvalue weighted by Crippen LogP contribution is 2.30. The fourth-order valence-corrected chi connectivity index (χ4v) is 3.86. The van der Waals surface area contributed by atoms with Crippen LogP contribution in [0.15, 0.2) is 42.5 Å². The first-order chi connectivity index (χ1) is 13.6. The van der Waals surface area contributed by atoms with E-state index < -0.39 is 26.9 Å². The van der Waals surface area contributed by atoms with E-state index in [9.17, 15) is 23.3 Å². The van der Waals surface area contributed by atoms with E-state index >= 15 is 0 Å². The minimum atomic E-state index is -3.82. The van der Waals surface area contributed by atoms with Crippen molar-refractivity contribution in [2.75, 3.05) is 30.1 Å². The fraction of sp³-hybridized carbons (Fsp3) is 0.278. The van der Waals surface area contributed by atoms with Gasteiger partial charge in [0.1, 0.15) is 17.5 Å². The van der Waals surface area contributed by atoms with E-state index in [1.807, 2.05) is 0 Å². The Hall–Kier alpha value is -3.34. The average Bonchev–Trinajstić information content (AvgIpc) is 2.67. The van der Waals surface area contributed by atoms with Crippen LogP contribution < -0.4 is 19.1 Å². The molecule has 0 aliphatic rings. The SMILES string of the molecule is COc1ccc(N(C(C)C(=O)Nc2cc([N+](=O)[O-])ccc2OC)S(C)(=O)=O)cc1. The third kappa shape index (κ3) is 5.13. The lowest BCUT2D eigenvalue weighted by Crippen LogP contribution is -2.45. The maximum atomic E-state index is 12.8. The van der Waals surface area contributed by atoms with Crippen molar-refractivity contribution in [1.82, 2.24) is 0 Å². The molecule has 0 bridgehead atoms. The Morgan fingerprint density at radius 2 is 1.76 bits per heavy atom. The lowest BCUT2D eigenvalue weighted by molar-refractivity contribution is -0.384. The first-order valence-corrected chi connectivity index (χ1v) is 10.2. The van der Waals surface area contributed by atoms with Gasteiger partial charge in [0, 0.05) is 12.1 Å². The molecule has 0 saturated carbocycles. The molecule has 0 spiro atoms. The third-order valence-electron chi connectivity index (χ3n) is 4.07. The summed E-state index contributed by atoms with van der Waals surface area (Å²) < 4.78 is 35.8. The van der Waals surface area contributed by atoms with Crippen molar-refractivity contribution in [2.45, 2.75) is 13.0 Å². The maximum absolute atomic E-state index is 12.8. The molecule has 1 N–H and O–H groups in total. The molecule has 0 aliphatic carbocycles. The van der Waals surface area contributed by atoms with Crippen LogP contribution in [0, 0.1) is 10.1 Å². The van der Waals surface area contributed by atoms with Gasteiger partial charge in [0.25, 0.3) is 5.69 Å². The number of hydrogen-bond acceptors (Lipinski definition) is 7. The second-order valence-electron chi connectivity index (χ2n) is 6.06. The molecular weight excluding hydrogens is 402 g/mol. The van der Waals surface area contributed by atoms with E-state index in [0.29, 0.717) is 5.75 Å². The number of amides is 1. The topological polar surface area (TPSA) is 128 Å². The van der Waals surface area contributed by atoms with Gasteiger partial charge in [0.15, 0.2) is 0 Å². The van der Waals surface area contributed by atoms with Crippen LogP contribution in [0.4, 0.5) is 17.1 Å². The molecule has 10 nitrogen and oxygen atoms in total. The Morgan fingerprint density at radius 3 is 2.24 bits per heavy atom. The lowest BCUT2D eigenvalue weighted by Gasteiger charge is -2.28. The smallest absolute Gasteiger partial charge is 0.271 e. The lowest BCUT2D eigenvalue weighted by atomic mass is 10.2. The molecule has 2 aromatic rings. The first kappa shape index (κ1) is 22.0. The van der Waals surface area contributed by atoms with Crippen LogP contribution in [0.25, 0.3) is 0 Å². The molecule has 0 heterocycles. The molecule has 11 heteroatoms. The van der Waals surface area contributed by atoms with E-state index in [1.165, 1.54) is 45.4 Å². The largest absolute Gasteiger partial charge is 0.497 e. The number of methoxy groups -OCH3 is 2. The number of ether oxygens (including phenoxy) is 2. The number of carbonyl (C=O) groups excluding carboxylic acids is 1. The highest BCUT2D eigenvalue weighted by Gasteiger charge is 2.30. The number of non-ortho nitro benzene ring substituents is 1. The van der Waals surface area contributed by atoms with Crippen molar-refractivity contribution in [2.24, 2.45) is 0 Å². The number of nitro groups is 1. The van der Waals surface area contributed by atoms with E-state index in [0.717, 1.165) is 16.6 Å². The minimum absolute atomic E-state index is 0.0572. The van der Waals surface area contributed by atoms with Crippen molar-refractivity contribution in [1.29, 1.82) is 0 Å². The zero-order valence-electron chi connectivity index (χ0n) is 16.3. The van der Waals surface area contributed by atoms with Crippen LogP contribution in [-0.2, 0) is 14.8 Å². The van der Waals surface area contributed by atoms with Crippen molar-refractivity contribution in [3.05, 3.63) is 52.6 Å². The van der Waals surface area contributed by atoms with E-state index in [4.69, 9.17) is 9.47 Å². The molecule has 1 amide bonds. The number of nitrogens with one attached hydrogen (secondary N) is 1. The standard InChI is InChI=1S/C18H21N3O7S/c1-12(20(29(4,25)26)13-5-8-15(27-2)9-6-13)18(22)19-16-11-14(21(23)24)7-10-17(16)28-3/h5-12H,1-4H3,(H,19,22). The fourth-order valence-electron chi connectivity index (χ4n) is 2.68. The number of anilines is 2. The Bertz CT molecular complexity index is 1010. The molecule has 0 radical (unpaired) electrons. The highest BCUT2D eigenvalue weighted by molar-refractivity contribution is 7.92. The number of nitrogens with zero attached hydrogens (tertiary/aromatic N) is 2. The van der Waals surface area contributed by atoms with E-state index in [-0.39, 0.29) is 22.8 Å². The van der Waals surface area contributed by atoms with Gasteiger partial charge in [-0.1, -0.05) is 0 Å². The summed E-state index contributed by atoms with van der Waals surface area (Å²) in [6.45, 7) is 1.41. The summed E-state index contributed by atoms with van der Waals surface area (Å²) in [5.41, 5.74) is 0.0764. The number of sulfonamides is 1. The van der Waals surface area contributed by atoms with E-state index in [1.54, 1.807) is 12.1 Å². The van der Waals surface area contributed by atoms with Gasteiger partial charge < -0.3 is 14.8 Å². The van der Waals surface area contributed by atoms with Gasteiger partial charge in [-0.2, -0.15) is 0 Å². The second kappa shape index (κ2) is 8.78. The quantitative estimate of drug-likeness (QED) is 0.510. The molecule has 0 aliphatic heterocycles. The molecule has 0 fully saturated rings.